The van der Waals surface area contributed by atoms with Gasteiger partial charge in [0.1, 0.15) is 0 Å². The molecule has 106 valence electrons. The highest BCUT2D eigenvalue weighted by Crippen LogP contribution is 2.18. The first-order valence-corrected chi connectivity index (χ1v) is 7.26. The van der Waals surface area contributed by atoms with E-state index in [1.807, 2.05) is 26.1 Å². The number of likely N-dealkylation sites (N-methyl/N-ethyl adjacent to an activating group) is 1. The first kappa shape index (κ1) is 14.6. The van der Waals surface area contributed by atoms with Crippen LogP contribution in [0.4, 0.5) is 5.69 Å². The number of thiazole rings is 1. The molecule has 0 saturated heterocycles. The van der Waals surface area contributed by atoms with E-state index in [9.17, 15) is 10.1 Å². The highest BCUT2D eigenvalue weighted by molar-refractivity contribution is 7.09. The fourth-order valence-electron chi connectivity index (χ4n) is 2.05. The molecular weight excluding hydrogens is 274 g/mol. The summed E-state index contributed by atoms with van der Waals surface area (Å²) in [6, 6.07) is 6.91. The van der Waals surface area contributed by atoms with E-state index in [1.54, 1.807) is 23.5 Å². The highest BCUT2D eigenvalue weighted by Gasteiger charge is 2.13. The maximum absolute atomic E-state index is 10.9. The van der Waals surface area contributed by atoms with Crippen LogP contribution in [0, 0.1) is 17.0 Å². The number of nitro benzene ring substituents is 1. The fourth-order valence-corrected chi connectivity index (χ4v) is 2.65. The fraction of sp³-hybridized carbons (Fsp3) is 0.357. The van der Waals surface area contributed by atoms with Gasteiger partial charge in [0.05, 0.1) is 15.6 Å². The third kappa shape index (κ3) is 3.85. The lowest BCUT2D eigenvalue weighted by Crippen LogP contribution is -2.21. The van der Waals surface area contributed by atoms with E-state index >= 15 is 0 Å². The van der Waals surface area contributed by atoms with Gasteiger partial charge in [0.15, 0.2) is 0 Å². The van der Waals surface area contributed by atoms with Gasteiger partial charge in [-0.25, -0.2) is 4.98 Å². The number of benzene rings is 1. The average molecular weight is 291 g/mol. The predicted molar refractivity (Wildman–Crippen MR) is 80.0 cm³/mol. The van der Waals surface area contributed by atoms with E-state index in [2.05, 4.69) is 15.3 Å². The van der Waals surface area contributed by atoms with Crippen molar-refractivity contribution in [2.24, 2.45) is 0 Å². The Bertz CT molecular complexity index is 598. The number of para-hydroxylation sites is 1. The summed E-state index contributed by atoms with van der Waals surface area (Å²) in [5.74, 6) is 0. The van der Waals surface area contributed by atoms with Crippen molar-refractivity contribution in [2.75, 3.05) is 13.6 Å². The molecule has 0 atom stereocenters. The van der Waals surface area contributed by atoms with Crippen LogP contribution < -0.4 is 0 Å². The summed E-state index contributed by atoms with van der Waals surface area (Å²) < 4.78 is 0. The molecule has 0 radical (unpaired) electrons. The number of aromatic nitrogens is 1. The van der Waals surface area contributed by atoms with Crippen LogP contribution >= 0.6 is 11.3 Å². The number of nitrogens with zero attached hydrogens (tertiary/aromatic N) is 3. The van der Waals surface area contributed by atoms with Crippen molar-refractivity contribution in [3.05, 3.63) is 56.0 Å². The molecule has 20 heavy (non-hydrogen) atoms. The molecule has 1 aromatic carbocycles. The number of hydrogen-bond donors (Lipinski definition) is 0. The number of rotatable bonds is 6. The SMILES string of the molecule is Cc1nc(CN(C)CCc2ccccc2[N+](=O)[O-])cs1. The zero-order valence-electron chi connectivity index (χ0n) is 11.6. The van der Waals surface area contributed by atoms with Gasteiger partial charge in [0.25, 0.3) is 5.69 Å². The van der Waals surface area contributed by atoms with Crippen LogP contribution in [0.3, 0.4) is 0 Å². The Morgan fingerprint density at radius 1 is 1.40 bits per heavy atom. The van der Waals surface area contributed by atoms with Gasteiger partial charge in [0, 0.05) is 30.1 Å². The standard InChI is InChI=1S/C14H17N3O2S/c1-11-15-13(10-20-11)9-16(2)8-7-12-5-3-4-6-14(12)17(18)19/h3-6,10H,7-9H2,1-2H3. The molecule has 0 saturated carbocycles. The summed E-state index contributed by atoms with van der Waals surface area (Å²) >= 11 is 1.64. The van der Waals surface area contributed by atoms with Crippen LogP contribution in [0.15, 0.2) is 29.6 Å². The molecule has 1 heterocycles. The van der Waals surface area contributed by atoms with Crippen LogP contribution in [-0.4, -0.2) is 28.4 Å². The Hall–Kier alpha value is -1.79. The molecular formula is C14H17N3O2S. The first-order chi connectivity index (χ1) is 9.56. The molecule has 0 aliphatic heterocycles. The maximum atomic E-state index is 10.9. The summed E-state index contributed by atoms with van der Waals surface area (Å²) in [6.07, 6.45) is 0.663. The van der Waals surface area contributed by atoms with Gasteiger partial charge in [-0.2, -0.15) is 0 Å². The van der Waals surface area contributed by atoms with Crippen molar-refractivity contribution in [3.63, 3.8) is 0 Å². The van der Waals surface area contributed by atoms with Gasteiger partial charge in [-0.05, 0) is 20.4 Å². The van der Waals surface area contributed by atoms with Gasteiger partial charge in [-0.1, -0.05) is 18.2 Å². The first-order valence-electron chi connectivity index (χ1n) is 6.38. The Morgan fingerprint density at radius 3 is 2.80 bits per heavy atom. The summed E-state index contributed by atoms with van der Waals surface area (Å²) in [5.41, 5.74) is 2.03. The van der Waals surface area contributed by atoms with Gasteiger partial charge in [-0.15, -0.1) is 11.3 Å². The van der Waals surface area contributed by atoms with E-state index in [1.165, 1.54) is 0 Å². The van der Waals surface area contributed by atoms with E-state index in [-0.39, 0.29) is 10.6 Å². The molecule has 0 aliphatic carbocycles. The highest BCUT2D eigenvalue weighted by atomic mass is 32.1. The number of nitro groups is 1. The van der Waals surface area contributed by atoms with Crippen LogP contribution in [0.25, 0.3) is 0 Å². The van der Waals surface area contributed by atoms with Crippen molar-refractivity contribution in [3.8, 4) is 0 Å². The van der Waals surface area contributed by atoms with Crippen molar-refractivity contribution in [1.82, 2.24) is 9.88 Å². The molecule has 6 heteroatoms. The van der Waals surface area contributed by atoms with Gasteiger partial charge in [0.2, 0.25) is 0 Å². The second-order valence-corrected chi connectivity index (χ2v) is 5.79. The quantitative estimate of drug-likeness (QED) is 0.606. The van der Waals surface area contributed by atoms with Crippen LogP contribution in [-0.2, 0) is 13.0 Å². The molecule has 0 amide bonds. The van der Waals surface area contributed by atoms with Crippen LogP contribution in [0.2, 0.25) is 0 Å². The topological polar surface area (TPSA) is 59.3 Å². The smallest absolute Gasteiger partial charge is 0.272 e. The normalized spacial score (nSPS) is 10.9. The van der Waals surface area contributed by atoms with E-state index in [0.717, 1.165) is 29.4 Å². The third-order valence-corrected chi connectivity index (χ3v) is 3.87. The minimum absolute atomic E-state index is 0.199. The van der Waals surface area contributed by atoms with Crippen LogP contribution in [0.5, 0.6) is 0 Å². The predicted octanol–water partition coefficient (Wildman–Crippen LogP) is 3.03. The van der Waals surface area contributed by atoms with Crippen molar-refractivity contribution in [1.29, 1.82) is 0 Å². The average Bonchev–Trinajstić information content (AvgIpc) is 2.82. The second-order valence-electron chi connectivity index (χ2n) is 4.73. The molecule has 1 aromatic heterocycles. The summed E-state index contributed by atoms with van der Waals surface area (Å²) in [5, 5.41) is 14.1. The third-order valence-electron chi connectivity index (χ3n) is 3.05. The maximum Gasteiger partial charge on any atom is 0.272 e. The summed E-state index contributed by atoms with van der Waals surface area (Å²) in [6.45, 7) is 3.52. The molecule has 0 spiro atoms. The summed E-state index contributed by atoms with van der Waals surface area (Å²) in [7, 11) is 2.00. The second kappa shape index (κ2) is 6.58. The lowest BCUT2D eigenvalue weighted by molar-refractivity contribution is -0.385. The van der Waals surface area contributed by atoms with Crippen LogP contribution in [0.1, 0.15) is 16.3 Å². The van der Waals surface area contributed by atoms with Gasteiger partial charge < -0.3 is 4.90 Å². The minimum Gasteiger partial charge on any atom is -0.300 e. The Balaban J connectivity index is 1.93. The lowest BCUT2D eigenvalue weighted by Gasteiger charge is -2.15. The van der Waals surface area contributed by atoms with Crippen molar-refractivity contribution >= 4 is 17.0 Å². The van der Waals surface area contributed by atoms with Crippen molar-refractivity contribution in [2.45, 2.75) is 19.9 Å². The minimum atomic E-state index is -0.320. The monoisotopic (exact) mass is 291 g/mol. The number of hydrogen-bond acceptors (Lipinski definition) is 5. The zero-order valence-corrected chi connectivity index (χ0v) is 12.4. The molecule has 0 unspecified atom stereocenters. The van der Waals surface area contributed by atoms with Crippen molar-refractivity contribution < 1.29 is 4.92 Å². The molecule has 2 rings (SSSR count). The largest absolute Gasteiger partial charge is 0.300 e. The zero-order chi connectivity index (χ0) is 14.5. The molecule has 0 bridgehead atoms. The number of aryl methyl sites for hydroxylation is 1. The van der Waals surface area contributed by atoms with E-state index < -0.39 is 0 Å². The summed E-state index contributed by atoms with van der Waals surface area (Å²) in [4.78, 5) is 17.2. The lowest BCUT2D eigenvalue weighted by atomic mass is 10.1. The Morgan fingerprint density at radius 2 is 2.15 bits per heavy atom. The van der Waals surface area contributed by atoms with Gasteiger partial charge in [-0.3, -0.25) is 10.1 Å². The molecule has 0 aliphatic rings. The van der Waals surface area contributed by atoms with E-state index in [0.29, 0.717) is 6.42 Å². The Labute approximate surface area is 122 Å². The van der Waals surface area contributed by atoms with E-state index in [4.69, 9.17) is 0 Å². The molecule has 5 nitrogen and oxygen atoms in total. The molecule has 0 N–H and O–H groups in total. The Kier molecular flexibility index (Phi) is 4.81. The molecule has 0 fully saturated rings. The molecule has 2 aromatic rings. The van der Waals surface area contributed by atoms with Gasteiger partial charge >= 0.3 is 0 Å².